The summed E-state index contributed by atoms with van der Waals surface area (Å²) in [6.07, 6.45) is 3.86. The molecule has 0 saturated heterocycles. The topological polar surface area (TPSA) is 101 Å². The van der Waals surface area contributed by atoms with Crippen LogP contribution in [0.2, 0.25) is 0 Å². The summed E-state index contributed by atoms with van der Waals surface area (Å²) in [7, 11) is 1.48. The second-order valence-electron chi connectivity index (χ2n) is 4.63. The van der Waals surface area contributed by atoms with Gasteiger partial charge in [-0.15, -0.1) is 0 Å². The van der Waals surface area contributed by atoms with Crippen LogP contribution in [0.3, 0.4) is 0 Å². The van der Waals surface area contributed by atoms with E-state index < -0.39 is 0 Å². The van der Waals surface area contributed by atoms with E-state index in [-0.39, 0.29) is 17.8 Å². The van der Waals surface area contributed by atoms with Crippen LogP contribution < -0.4 is 10.5 Å². The molecule has 1 amide bonds. The molecule has 0 atom stereocenters. The molecule has 1 heterocycles. The fourth-order valence-electron chi connectivity index (χ4n) is 1.99. The molecular weight excluding hydrogens is 260 g/mol. The highest BCUT2D eigenvalue weighted by Crippen LogP contribution is 2.29. The minimum Gasteiger partial charge on any atom is -0.480 e. The Labute approximate surface area is 117 Å². The summed E-state index contributed by atoms with van der Waals surface area (Å²) in [6, 6.07) is 3.61. The number of pyridine rings is 1. The van der Waals surface area contributed by atoms with Crippen LogP contribution in [0.1, 0.15) is 29.6 Å². The number of nitrogens with zero attached hydrogens (tertiary/aromatic N) is 3. The van der Waals surface area contributed by atoms with Crippen molar-refractivity contribution in [2.45, 2.75) is 25.3 Å². The summed E-state index contributed by atoms with van der Waals surface area (Å²) >= 11 is 0. The number of ether oxygens (including phenoxy) is 1. The molecule has 1 aromatic heterocycles. The summed E-state index contributed by atoms with van der Waals surface area (Å²) in [5.41, 5.74) is 5.89. The Kier molecular flexibility index (Phi) is 4.39. The number of carbonyl (C=O) groups is 1. The molecular formula is C13H18N4O3. The zero-order chi connectivity index (χ0) is 14.5. The third-order valence-corrected chi connectivity index (χ3v) is 3.18. The SMILES string of the molecule is COc1ncccc1C(=O)N(CCC(N)=NO)C1CC1. The van der Waals surface area contributed by atoms with Crippen molar-refractivity contribution in [3.05, 3.63) is 23.9 Å². The maximum atomic E-state index is 12.6. The molecule has 7 nitrogen and oxygen atoms in total. The first kappa shape index (κ1) is 14.1. The van der Waals surface area contributed by atoms with Crippen molar-refractivity contribution >= 4 is 11.7 Å². The average Bonchev–Trinajstić information content (AvgIpc) is 3.31. The van der Waals surface area contributed by atoms with E-state index in [9.17, 15) is 4.79 Å². The average molecular weight is 278 g/mol. The molecule has 108 valence electrons. The Hall–Kier alpha value is -2.31. The molecule has 1 aliphatic rings. The lowest BCUT2D eigenvalue weighted by molar-refractivity contribution is 0.0743. The van der Waals surface area contributed by atoms with Gasteiger partial charge in [-0.05, 0) is 25.0 Å². The lowest BCUT2D eigenvalue weighted by atomic mass is 10.2. The molecule has 0 bridgehead atoms. The van der Waals surface area contributed by atoms with E-state index in [1.165, 1.54) is 7.11 Å². The van der Waals surface area contributed by atoms with E-state index in [1.54, 1.807) is 23.2 Å². The third kappa shape index (κ3) is 3.17. The van der Waals surface area contributed by atoms with Crippen molar-refractivity contribution in [1.82, 2.24) is 9.88 Å². The van der Waals surface area contributed by atoms with E-state index >= 15 is 0 Å². The van der Waals surface area contributed by atoms with Crippen LogP contribution >= 0.6 is 0 Å². The molecule has 0 aromatic carbocycles. The standard InChI is InChI=1S/C13H18N4O3/c1-20-12-10(3-2-7-15-12)13(18)17(9-4-5-9)8-6-11(14)16-19/h2-3,7,9,19H,4-6,8H2,1H3,(H2,14,16). The minimum absolute atomic E-state index is 0.113. The van der Waals surface area contributed by atoms with Crippen LogP contribution in [-0.2, 0) is 0 Å². The molecule has 0 radical (unpaired) electrons. The molecule has 0 spiro atoms. The normalized spacial score (nSPS) is 14.9. The summed E-state index contributed by atoms with van der Waals surface area (Å²) in [5.74, 6) is 0.289. The molecule has 0 aliphatic heterocycles. The largest absolute Gasteiger partial charge is 0.480 e. The van der Waals surface area contributed by atoms with Gasteiger partial charge in [0.05, 0.1) is 7.11 Å². The van der Waals surface area contributed by atoms with Crippen molar-refractivity contribution in [3.63, 3.8) is 0 Å². The van der Waals surface area contributed by atoms with Gasteiger partial charge >= 0.3 is 0 Å². The van der Waals surface area contributed by atoms with Gasteiger partial charge in [0.25, 0.3) is 5.91 Å². The second kappa shape index (κ2) is 6.23. The van der Waals surface area contributed by atoms with Gasteiger partial charge in [0.1, 0.15) is 11.4 Å². The fraction of sp³-hybridized carbons (Fsp3) is 0.462. The van der Waals surface area contributed by atoms with Crippen LogP contribution in [0.15, 0.2) is 23.5 Å². The van der Waals surface area contributed by atoms with Crippen LogP contribution in [0, 0.1) is 0 Å². The molecule has 7 heteroatoms. The highest BCUT2D eigenvalue weighted by molar-refractivity contribution is 5.97. The number of rotatable bonds is 6. The van der Waals surface area contributed by atoms with E-state index in [1.807, 2.05) is 0 Å². The smallest absolute Gasteiger partial charge is 0.259 e. The van der Waals surface area contributed by atoms with E-state index in [0.29, 0.717) is 24.4 Å². The van der Waals surface area contributed by atoms with Crippen molar-refractivity contribution in [1.29, 1.82) is 0 Å². The molecule has 0 unspecified atom stereocenters. The van der Waals surface area contributed by atoms with Gasteiger partial charge in [-0.1, -0.05) is 5.16 Å². The predicted molar refractivity (Wildman–Crippen MR) is 72.9 cm³/mol. The van der Waals surface area contributed by atoms with Crippen molar-refractivity contribution < 1.29 is 14.7 Å². The number of amides is 1. The summed E-state index contributed by atoms with van der Waals surface area (Å²) in [6.45, 7) is 0.414. The van der Waals surface area contributed by atoms with Gasteiger partial charge in [-0.2, -0.15) is 0 Å². The number of hydrogen-bond donors (Lipinski definition) is 2. The van der Waals surface area contributed by atoms with Crippen molar-refractivity contribution in [3.8, 4) is 5.88 Å². The second-order valence-corrected chi connectivity index (χ2v) is 4.63. The molecule has 1 saturated carbocycles. The maximum absolute atomic E-state index is 12.6. The number of carbonyl (C=O) groups excluding carboxylic acids is 1. The first-order valence-corrected chi connectivity index (χ1v) is 6.43. The lowest BCUT2D eigenvalue weighted by Gasteiger charge is -2.22. The van der Waals surface area contributed by atoms with E-state index in [0.717, 1.165) is 12.8 Å². The quantitative estimate of drug-likeness (QED) is 0.347. The Bertz CT molecular complexity index is 514. The zero-order valence-electron chi connectivity index (χ0n) is 11.3. The molecule has 1 aliphatic carbocycles. The van der Waals surface area contributed by atoms with Gasteiger partial charge in [-0.25, -0.2) is 4.98 Å². The summed E-state index contributed by atoms with van der Waals surface area (Å²) in [4.78, 5) is 18.3. The minimum atomic E-state index is -0.136. The van der Waals surface area contributed by atoms with Crippen molar-refractivity contribution in [2.75, 3.05) is 13.7 Å². The molecule has 1 aromatic rings. The van der Waals surface area contributed by atoms with Gasteiger partial charge < -0.3 is 20.6 Å². The number of oxime groups is 1. The molecule has 20 heavy (non-hydrogen) atoms. The van der Waals surface area contributed by atoms with Crippen LogP contribution in [-0.4, -0.2) is 46.5 Å². The molecule has 3 N–H and O–H groups in total. The van der Waals surface area contributed by atoms with Gasteiger partial charge in [0.15, 0.2) is 0 Å². The van der Waals surface area contributed by atoms with Crippen molar-refractivity contribution in [2.24, 2.45) is 10.9 Å². The Morgan fingerprint density at radius 2 is 2.40 bits per heavy atom. The molecule has 2 rings (SSSR count). The highest BCUT2D eigenvalue weighted by Gasteiger charge is 2.34. The first-order chi connectivity index (χ1) is 9.67. The Balaban J connectivity index is 2.14. The number of aromatic nitrogens is 1. The zero-order valence-corrected chi connectivity index (χ0v) is 11.3. The summed E-state index contributed by atoms with van der Waals surface area (Å²) in [5, 5.41) is 11.5. The monoisotopic (exact) mass is 278 g/mol. The maximum Gasteiger partial charge on any atom is 0.259 e. The fourth-order valence-corrected chi connectivity index (χ4v) is 1.99. The predicted octanol–water partition coefficient (Wildman–Crippen LogP) is 0.831. The van der Waals surface area contributed by atoms with Crippen LogP contribution in [0.5, 0.6) is 5.88 Å². The van der Waals surface area contributed by atoms with Crippen LogP contribution in [0.4, 0.5) is 0 Å². The van der Waals surface area contributed by atoms with Gasteiger partial charge in [0, 0.05) is 25.2 Å². The number of amidine groups is 1. The lowest BCUT2D eigenvalue weighted by Crippen LogP contribution is -2.36. The summed E-state index contributed by atoms with van der Waals surface area (Å²) < 4.78 is 5.12. The third-order valence-electron chi connectivity index (χ3n) is 3.18. The van der Waals surface area contributed by atoms with Crippen LogP contribution in [0.25, 0.3) is 0 Å². The number of nitrogens with two attached hydrogens (primary N) is 1. The van der Waals surface area contributed by atoms with Gasteiger partial charge in [0.2, 0.25) is 5.88 Å². The Morgan fingerprint density at radius 1 is 1.65 bits per heavy atom. The van der Waals surface area contributed by atoms with Gasteiger partial charge in [-0.3, -0.25) is 4.79 Å². The Morgan fingerprint density at radius 3 is 3.00 bits per heavy atom. The van der Waals surface area contributed by atoms with E-state index in [4.69, 9.17) is 15.7 Å². The number of methoxy groups -OCH3 is 1. The molecule has 1 fully saturated rings. The first-order valence-electron chi connectivity index (χ1n) is 6.43. The highest BCUT2D eigenvalue weighted by atomic mass is 16.5. The number of hydrogen-bond acceptors (Lipinski definition) is 5. The van der Waals surface area contributed by atoms with E-state index in [2.05, 4.69) is 10.1 Å².